The summed E-state index contributed by atoms with van der Waals surface area (Å²) < 4.78 is 4.90. The molecule has 0 aromatic heterocycles. The van der Waals surface area contributed by atoms with Gasteiger partial charge in [0.2, 0.25) is 0 Å². The summed E-state index contributed by atoms with van der Waals surface area (Å²) in [5.74, 6) is -0.221. The molecule has 0 fully saturated rings. The van der Waals surface area contributed by atoms with Crippen molar-refractivity contribution in [3.8, 4) is 0 Å². The van der Waals surface area contributed by atoms with E-state index in [1.54, 1.807) is 12.1 Å². The summed E-state index contributed by atoms with van der Waals surface area (Å²) in [4.78, 5) is 11.5. The SMILES string of the molecule is COC(CN)C(=O)Nc1ccccc1. The van der Waals surface area contributed by atoms with E-state index in [4.69, 9.17) is 10.5 Å². The van der Waals surface area contributed by atoms with Crippen LogP contribution >= 0.6 is 0 Å². The van der Waals surface area contributed by atoms with Gasteiger partial charge in [0.15, 0.2) is 0 Å². The maximum atomic E-state index is 11.5. The monoisotopic (exact) mass is 194 g/mol. The fraction of sp³-hybridized carbons (Fsp3) is 0.300. The lowest BCUT2D eigenvalue weighted by molar-refractivity contribution is -0.125. The highest BCUT2D eigenvalue weighted by molar-refractivity contribution is 5.94. The lowest BCUT2D eigenvalue weighted by atomic mass is 10.3. The van der Waals surface area contributed by atoms with Crippen LogP contribution in [0.2, 0.25) is 0 Å². The second-order valence-electron chi connectivity index (χ2n) is 2.82. The van der Waals surface area contributed by atoms with E-state index >= 15 is 0 Å². The van der Waals surface area contributed by atoms with Crippen molar-refractivity contribution in [1.29, 1.82) is 0 Å². The minimum atomic E-state index is -0.588. The van der Waals surface area contributed by atoms with Crippen LogP contribution in [0.25, 0.3) is 0 Å². The summed E-state index contributed by atoms with van der Waals surface area (Å²) in [7, 11) is 1.46. The molecule has 1 unspecified atom stereocenters. The van der Waals surface area contributed by atoms with Gasteiger partial charge in [0.25, 0.3) is 5.91 Å². The Morgan fingerprint density at radius 3 is 2.64 bits per heavy atom. The molecule has 0 aliphatic rings. The van der Waals surface area contributed by atoms with Crippen LogP contribution in [0.4, 0.5) is 5.69 Å². The first-order valence-corrected chi connectivity index (χ1v) is 4.36. The maximum absolute atomic E-state index is 11.5. The van der Waals surface area contributed by atoms with Crippen LogP contribution in [0.15, 0.2) is 30.3 Å². The molecule has 76 valence electrons. The van der Waals surface area contributed by atoms with E-state index in [0.29, 0.717) is 0 Å². The molecule has 3 N–H and O–H groups in total. The summed E-state index contributed by atoms with van der Waals surface area (Å²) in [6, 6.07) is 9.19. The molecule has 4 heteroatoms. The summed E-state index contributed by atoms with van der Waals surface area (Å²) in [5.41, 5.74) is 6.10. The molecule has 0 saturated heterocycles. The Morgan fingerprint density at radius 2 is 2.14 bits per heavy atom. The Bertz CT molecular complexity index is 283. The molecule has 1 atom stereocenters. The number of anilines is 1. The van der Waals surface area contributed by atoms with Gasteiger partial charge in [-0.2, -0.15) is 0 Å². The molecule has 0 aliphatic carbocycles. The summed E-state index contributed by atoms with van der Waals surface area (Å²) >= 11 is 0. The van der Waals surface area contributed by atoms with E-state index in [-0.39, 0.29) is 12.5 Å². The fourth-order valence-electron chi connectivity index (χ4n) is 1.05. The molecule has 14 heavy (non-hydrogen) atoms. The van der Waals surface area contributed by atoms with Crippen molar-refractivity contribution in [1.82, 2.24) is 0 Å². The molecule has 0 spiro atoms. The van der Waals surface area contributed by atoms with Crippen LogP contribution in [0.1, 0.15) is 0 Å². The lowest BCUT2D eigenvalue weighted by Crippen LogP contribution is -2.35. The molecule has 1 aromatic carbocycles. The predicted molar refractivity (Wildman–Crippen MR) is 54.9 cm³/mol. The molecule has 0 saturated carbocycles. The van der Waals surface area contributed by atoms with Crippen LogP contribution in [0.3, 0.4) is 0 Å². The third-order valence-electron chi connectivity index (χ3n) is 1.83. The number of amides is 1. The van der Waals surface area contributed by atoms with Gasteiger partial charge in [0.05, 0.1) is 0 Å². The number of nitrogens with two attached hydrogens (primary N) is 1. The Balaban J connectivity index is 2.57. The zero-order chi connectivity index (χ0) is 10.4. The number of benzene rings is 1. The normalized spacial score (nSPS) is 12.1. The first-order chi connectivity index (χ1) is 6.77. The van der Waals surface area contributed by atoms with E-state index in [1.807, 2.05) is 18.2 Å². The van der Waals surface area contributed by atoms with E-state index in [9.17, 15) is 4.79 Å². The second-order valence-corrected chi connectivity index (χ2v) is 2.82. The highest BCUT2D eigenvalue weighted by Gasteiger charge is 2.14. The zero-order valence-corrected chi connectivity index (χ0v) is 8.07. The van der Waals surface area contributed by atoms with Crippen LogP contribution in [-0.2, 0) is 9.53 Å². The number of hydrogen-bond donors (Lipinski definition) is 2. The van der Waals surface area contributed by atoms with Gasteiger partial charge in [-0.3, -0.25) is 4.79 Å². The van der Waals surface area contributed by atoms with Crippen molar-refractivity contribution in [2.45, 2.75) is 6.10 Å². The van der Waals surface area contributed by atoms with E-state index in [0.717, 1.165) is 5.69 Å². The van der Waals surface area contributed by atoms with Crippen LogP contribution in [0, 0.1) is 0 Å². The molecule has 0 heterocycles. The number of hydrogen-bond acceptors (Lipinski definition) is 3. The van der Waals surface area contributed by atoms with Crippen molar-refractivity contribution >= 4 is 11.6 Å². The summed E-state index contributed by atoms with van der Waals surface area (Å²) in [5, 5.41) is 2.70. The number of carbonyl (C=O) groups is 1. The maximum Gasteiger partial charge on any atom is 0.254 e. The standard InChI is InChI=1S/C10H14N2O2/c1-14-9(7-11)10(13)12-8-5-3-2-4-6-8/h2-6,9H,7,11H2,1H3,(H,12,13). The minimum absolute atomic E-state index is 0.176. The van der Waals surface area contributed by atoms with Gasteiger partial charge in [0, 0.05) is 19.3 Å². The third-order valence-corrected chi connectivity index (χ3v) is 1.83. The lowest BCUT2D eigenvalue weighted by Gasteiger charge is -2.12. The van der Waals surface area contributed by atoms with Crippen molar-refractivity contribution in [2.24, 2.45) is 5.73 Å². The highest BCUT2D eigenvalue weighted by atomic mass is 16.5. The molecule has 1 rings (SSSR count). The molecule has 0 bridgehead atoms. The third kappa shape index (κ3) is 2.83. The second kappa shape index (κ2) is 5.36. The van der Waals surface area contributed by atoms with Gasteiger partial charge in [-0.15, -0.1) is 0 Å². The average Bonchev–Trinajstić information content (AvgIpc) is 2.21. The van der Waals surface area contributed by atoms with Gasteiger partial charge in [-0.25, -0.2) is 0 Å². The first-order valence-electron chi connectivity index (χ1n) is 4.36. The fourth-order valence-corrected chi connectivity index (χ4v) is 1.05. The number of methoxy groups -OCH3 is 1. The number of para-hydroxylation sites is 1. The molecule has 0 aliphatic heterocycles. The smallest absolute Gasteiger partial charge is 0.254 e. The molecule has 4 nitrogen and oxygen atoms in total. The molecule has 1 aromatic rings. The van der Waals surface area contributed by atoms with Gasteiger partial charge >= 0.3 is 0 Å². The van der Waals surface area contributed by atoms with Gasteiger partial charge in [0.1, 0.15) is 6.10 Å². The van der Waals surface area contributed by atoms with E-state index in [1.165, 1.54) is 7.11 Å². The zero-order valence-electron chi connectivity index (χ0n) is 8.07. The van der Waals surface area contributed by atoms with Crippen LogP contribution in [0.5, 0.6) is 0 Å². The summed E-state index contributed by atoms with van der Waals surface area (Å²) in [6.07, 6.45) is -0.588. The molecule has 0 radical (unpaired) electrons. The Labute approximate surface area is 83.1 Å². The van der Waals surface area contributed by atoms with Gasteiger partial charge in [-0.1, -0.05) is 18.2 Å². The van der Waals surface area contributed by atoms with E-state index < -0.39 is 6.10 Å². The summed E-state index contributed by atoms with van der Waals surface area (Å²) in [6.45, 7) is 0.176. The Kier molecular flexibility index (Phi) is 4.10. The van der Waals surface area contributed by atoms with E-state index in [2.05, 4.69) is 5.32 Å². The number of ether oxygens (including phenoxy) is 1. The Morgan fingerprint density at radius 1 is 1.50 bits per heavy atom. The van der Waals surface area contributed by atoms with Gasteiger partial charge < -0.3 is 15.8 Å². The van der Waals surface area contributed by atoms with Crippen LogP contribution < -0.4 is 11.1 Å². The first kappa shape index (κ1) is 10.7. The van der Waals surface area contributed by atoms with Gasteiger partial charge in [-0.05, 0) is 12.1 Å². The quantitative estimate of drug-likeness (QED) is 0.737. The molecular formula is C10H14N2O2. The topological polar surface area (TPSA) is 64.3 Å². The predicted octanol–water partition coefficient (Wildman–Crippen LogP) is 0.599. The van der Waals surface area contributed by atoms with Crippen molar-refractivity contribution in [3.63, 3.8) is 0 Å². The number of carbonyl (C=O) groups excluding carboxylic acids is 1. The van der Waals surface area contributed by atoms with Crippen molar-refractivity contribution < 1.29 is 9.53 Å². The largest absolute Gasteiger partial charge is 0.370 e. The van der Waals surface area contributed by atoms with Crippen molar-refractivity contribution in [3.05, 3.63) is 30.3 Å². The van der Waals surface area contributed by atoms with Crippen molar-refractivity contribution in [2.75, 3.05) is 19.0 Å². The number of nitrogens with one attached hydrogen (secondary N) is 1. The highest BCUT2D eigenvalue weighted by Crippen LogP contribution is 2.05. The number of rotatable bonds is 4. The molecule has 1 amide bonds. The Hall–Kier alpha value is -1.39. The van der Waals surface area contributed by atoms with Crippen LogP contribution in [-0.4, -0.2) is 25.7 Å². The average molecular weight is 194 g/mol. The molecular weight excluding hydrogens is 180 g/mol. The minimum Gasteiger partial charge on any atom is -0.370 e.